The van der Waals surface area contributed by atoms with Crippen LogP contribution in [0.2, 0.25) is 0 Å². The Morgan fingerprint density at radius 2 is 1.88 bits per heavy atom. The van der Waals surface area contributed by atoms with Gasteiger partial charge in [-0.05, 0) is 44.2 Å². The van der Waals surface area contributed by atoms with Crippen LogP contribution >= 0.6 is 0 Å². The molecule has 3 heteroatoms. The Bertz CT molecular complexity index is 402. The van der Waals surface area contributed by atoms with Gasteiger partial charge in [-0.3, -0.25) is 0 Å². The monoisotopic (exact) mass is 216 g/mol. The maximum atomic E-state index is 9.15. The van der Waals surface area contributed by atoms with Crippen LogP contribution in [0.25, 0.3) is 0 Å². The average molecular weight is 216 g/mol. The standard InChI is InChI=1S/C13H16N2O/c1-3-5-13(14-10-4-2)15-11-6-8-12(16)9-7-11/h3-10,16H,1-2H3,(H,14,15)/b5-3-,10-4-. The summed E-state index contributed by atoms with van der Waals surface area (Å²) < 4.78 is 0. The van der Waals surface area contributed by atoms with Crippen LogP contribution in [0.15, 0.2) is 53.7 Å². The third-order valence-electron chi connectivity index (χ3n) is 1.83. The molecule has 0 aliphatic carbocycles. The molecule has 0 amide bonds. The quantitative estimate of drug-likeness (QED) is 0.462. The molecule has 0 fully saturated rings. The SMILES string of the molecule is C\C=C/N=C(\C=C/C)Nc1ccc(O)cc1. The number of aliphatic imine (C=N–C) groups is 1. The van der Waals surface area contributed by atoms with Gasteiger partial charge in [0.25, 0.3) is 0 Å². The van der Waals surface area contributed by atoms with Crippen molar-refractivity contribution in [3.8, 4) is 5.75 Å². The van der Waals surface area contributed by atoms with Crippen molar-refractivity contribution in [2.24, 2.45) is 4.99 Å². The zero-order chi connectivity index (χ0) is 11.8. The van der Waals surface area contributed by atoms with Crippen LogP contribution in [-0.4, -0.2) is 10.9 Å². The molecular formula is C13H16N2O. The number of amidine groups is 1. The lowest BCUT2D eigenvalue weighted by Gasteiger charge is -2.05. The largest absolute Gasteiger partial charge is 0.508 e. The summed E-state index contributed by atoms with van der Waals surface area (Å²) >= 11 is 0. The molecule has 0 bridgehead atoms. The van der Waals surface area contributed by atoms with Crippen molar-refractivity contribution in [3.63, 3.8) is 0 Å². The van der Waals surface area contributed by atoms with E-state index in [4.69, 9.17) is 5.11 Å². The highest BCUT2D eigenvalue weighted by molar-refractivity contribution is 6.04. The fourth-order valence-corrected chi connectivity index (χ4v) is 1.12. The number of phenols is 1. The van der Waals surface area contributed by atoms with Crippen molar-refractivity contribution >= 4 is 11.5 Å². The van der Waals surface area contributed by atoms with E-state index in [1.807, 2.05) is 32.1 Å². The maximum Gasteiger partial charge on any atom is 0.129 e. The Labute approximate surface area is 95.8 Å². The Morgan fingerprint density at radius 3 is 2.44 bits per heavy atom. The van der Waals surface area contributed by atoms with E-state index in [9.17, 15) is 0 Å². The molecule has 0 aliphatic rings. The van der Waals surface area contributed by atoms with Crippen molar-refractivity contribution in [1.82, 2.24) is 0 Å². The second kappa shape index (κ2) is 6.45. The number of phenolic OH excluding ortho intramolecular Hbond substituents is 1. The molecule has 0 spiro atoms. The summed E-state index contributed by atoms with van der Waals surface area (Å²) in [7, 11) is 0. The predicted molar refractivity (Wildman–Crippen MR) is 68.8 cm³/mol. The van der Waals surface area contributed by atoms with Gasteiger partial charge in [0, 0.05) is 11.9 Å². The molecule has 0 unspecified atom stereocenters. The average Bonchev–Trinajstić information content (AvgIpc) is 2.29. The van der Waals surface area contributed by atoms with Crippen LogP contribution in [0.4, 0.5) is 5.69 Å². The second-order valence-corrected chi connectivity index (χ2v) is 3.17. The first-order valence-corrected chi connectivity index (χ1v) is 5.14. The van der Waals surface area contributed by atoms with Crippen molar-refractivity contribution in [1.29, 1.82) is 0 Å². The smallest absolute Gasteiger partial charge is 0.129 e. The minimum Gasteiger partial charge on any atom is -0.508 e. The lowest BCUT2D eigenvalue weighted by atomic mass is 10.3. The van der Waals surface area contributed by atoms with Gasteiger partial charge in [0.2, 0.25) is 0 Å². The van der Waals surface area contributed by atoms with Gasteiger partial charge in [0.1, 0.15) is 11.6 Å². The van der Waals surface area contributed by atoms with E-state index < -0.39 is 0 Å². The van der Waals surface area contributed by atoms with Gasteiger partial charge >= 0.3 is 0 Å². The van der Waals surface area contributed by atoms with E-state index in [0.717, 1.165) is 11.5 Å². The minimum absolute atomic E-state index is 0.253. The zero-order valence-electron chi connectivity index (χ0n) is 9.51. The molecule has 84 valence electrons. The molecule has 0 aliphatic heterocycles. The first kappa shape index (κ1) is 12.0. The molecule has 0 saturated heterocycles. The van der Waals surface area contributed by atoms with Gasteiger partial charge in [0.15, 0.2) is 0 Å². The molecule has 1 aromatic carbocycles. The number of nitrogens with zero attached hydrogens (tertiary/aromatic N) is 1. The summed E-state index contributed by atoms with van der Waals surface area (Å²) in [5, 5.41) is 12.3. The van der Waals surface area contributed by atoms with Crippen LogP contribution in [0, 0.1) is 0 Å². The molecule has 1 rings (SSSR count). The fourth-order valence-electron chi connectivity index (χ4n) is 1.12. The number of nitrogens with one attached hydrogen (secondary N) is 1. The fraction of sp³-hybridized carbons (Fsp3) is 0.154. The lowest BCUT2D eigenvalue weighted by molar-refractivity contribution is 0.475. The topological polar surface area (TPSA) is 44.6 Å². The highest BCUT2D eigenvalue weighted by atomic mass is 16.3. The third kappa shape index (κ3) is 4.00. The van der Waals surface area contributed by atoms with E-state index in [1.165, 1.54) is 0 Å². The first-order valence-electron chi connectivity index (χ1n) is 5.14. The predicted octanol–water partition coefficient (Wildman–Crippen LogP) is 3.31. The Morgan fingerprint density at radius 1 is 1.19 bits per heavy atom. The molecule has 0 aromatic heterocycles. The number of anilines is 1. The zero-order valence-corrected chi connectivity index (χ0v) is 9.51. The van der Waals surface area contributed by atoms with Crippen molar-refractivity contribution in [2.75, 3.05) is 5.32 Å². The van der Waals surface area contributed by atoms with Crippen LogP contribution < -0.4 is 5.32 Å². The summed E-state index contributed by atoms with van der Waals surface area (Å²) in [5.74, 6) is 1.01. The van der Waals surface area contributed by atoms with Gasteiger partial charge in [-0.25, -0.2) is 4.99 Å². The Kier molecular flexibility index (Phi) is 4.86. The number of hydrogen-bond donors (Lipinski definition) is 2. The summed E-state index contributed by atoms with van der Waals surface area (Å²) in [4.78, 5) is 4.23. The van der Waals surface area contributed by atoms with Gasteiger partial charge < -0.3 is 10.4 Å². The molecule has 16 heavy (non-hydrogen) atoms. The second-order valence-electron chi connectivity index (χ2n) is 3.17. The third-order valence-corrected chi connectivity index (χ3v) is 1.83. The molecule has 2 N–H and O–H groups in total. The molecular weight excluding hydrogens is 200 g/mol. The van der Waals surface area contributed by atoms with E-state index in [-0.39, 0.29) is 5.75 Å². The molecule has 1 aromatic rings. The van der Waals surface area contributed by atoms with Crippen molar-refractivity contribution in [2.45, 2.75) is 13.8 Å². The Hall–Kier alpha value is -2.03. The minimum atomic E-state index is 0.253. The van der Waals surface area contributed by atoms with Crippen LogP contribution in [0.1, 0.15) is 13.8 Å². The van der Waals surface area contributed by atoms with Crippen LogP contribution in [0.5, 0.6) is 5.75 Å². The van der Waals surface area contributed by atoms with E-state index in [1.54, 1.807) is 30.5 Å². The number of allylic oxidation sites excluding steroid dienone is 2. The summed E-state index contributed by atoms with van der Waals surface area (Å²) in [6.07, 6.45) is 7.38. The van der Waals surface area contributed by atoms with Gasteiger partial charge in [0.05, 0.1) is 0 Å². The highest BCUT2D eigenvalue weighted by Gasteiger charge is 1.95. The highest BCUT2D eigenvalue weighted by Crippen LogP contribution is 2.13. The summed E-state index contributed by atoms with van der Waals surface area (Å²) in [5.41, 5.74) is 0.888. The molecule has 0 radical (unpaired) electrons. The normalized spacial score (nSPS) is 12.5. The molecule has 0 saturated carbocycles. The van der Waals surface area contributed by atoms with Crippen molar-refractivity contribution < 1.29 is 5.11 Å². The lowest BCUT2D eigenvalue weighted by Crippen LogP contribution is -2.07. The number of rotatable bonds is 3. The number of aromatic hydroxyl groups is 1. The van der Waals surface area contributed by atoms with E-state index in [0.29, 0.717) is 0 Å². The summed E-state index contributed by atoms with van der Waals surface area (Å²) in [6.45, 7) is 3.85. The van der Waals surface area contributed by atoms with Gasteiger partial charge in [-0.2, -0.15) is 0 Å². The van der Waals surface area contributed by atoms with Gasteiger partial charge in [-0.1, -0.05) is 12.2 Å². The number of hydrogen-bond acceptors (Lipinski definition) is 2. The maximum absolute atomic E-state index is 9.15. The summed E-state index contributed by atoms with van der Waals surface area (Å²) in [6, 6.07) is 6.85. The van der Waals surface area contributed by atoms with Crippen LogP contribution in [0.3, 0.4) is 0 Å². The molecule has 0 heterocycles. The van der Waals surface area contributed by atoms with E-state index >= 15 is 0 Å². The van der Waals surface area contributed by atoms with Crippen molar-refractivity contribution in [3.05, 3.63) is 48.7 Å². The molecule has 3 nitrogen and oxygen atoms in total. The van der Waals surface area contributed by atoms with E-state index in [2.05, 4.69) is 10.3 Å². The first-order chi connectivity index (χ1) is 7.76. The van der Waals surface area contributed by atoms with Crippen LogP contribution in [-0.2, 0) is 0 Å². The Balaban J connectivity index is 2.79. The molecule has 0 atom stereocenters. The van der Waals surface area contributed by atoms with Gasteiger partial charge in [-0.15, -0.1) is 0 Å². The number of benzene rings is 1.